The first-order valence-electron chi connectivity index (χ1n) is 25.2. The average molecular weight is 589 g/mol. The van der Waals surface area contributed by atoms with E-state index in [0.29, 0.717) is 0 Å². The smallest absolute Gasteiger partial charge is 0.164 e. The molecule has 0 aliphatic rings. The third-order valence-electron chi connectivity index (χ3n) is 6.74. The summed E-state index contributed by atoms with van der Waals surface area (Å²) in [6.45, 7) is 0. The first kappa shape index (κ1) is 10.3. The monoisotopic (exact) mass is 588 g/mol. The molecule has 9 aromatic rings. The van der Waals surface area contributed by atoms with Crippen molar-refractivity contribution >= 4 is 43.7 Å². The van der Waals surface area contributed by atoms with Crippen LogP contribution in [-0.4, -0.2) is 24.1 Å². The van der Waals surface area contributed by atoms with Gasteiger partial charge >= 0.3 is 0 Å². The topological polar surface area (TPSA) is 48.5 Å². The van der Waals surface area contributed by atoms with Crippen LogP contribution in [0.4, 0.5) is 0 Å². The lowest BCUT2D eigenvalue weighted by Crippen LogP contribution is -2.04. The lowest BCUT2D eigenvalue weighted by molar-refractivity contribution is 1.04. The Labute approximate surface area is 288 Å². The van der Waals surface area contributed by atoms with E-state index in [9.17, 15) is 4.11 Å². The molecule has 0 fully saturated rings. The molecule has 9 rings (SSSR count). The lowest BCUT2D eigenvalue weighted by atomic mass is 10.1. The highest BCUT2D eigenvalue weighted by Crippen LogP contribution is 2.37. The van der Waals surface area contributed by atoms with Crippen molar-refractivity contribution in [3.63, 3.8) is 0 Å². The van der Waals surface area contributed by atoms with Gasteiger partial charge in [-0.3, -0.25) is 9.55 Å². The Balaban J connectivity index is 1.61. The molecule has 0 amide bonds. The highest BCUT2D eigenvalue weighted by Gasteiger charge is 2.20. The second-order valence-electron chi connectivity index (χ2n) is 9.08. The number of aromatic nitrogens is 5. The Morgan fingerprint density at radius 3 is 1.84 bits per heavy atom. The lowest BCUT2D eigenvalue weighted by Gasteiger charge is -2.15. The van der Waals surface area contributed by atoms with E-state index in [1.807, 2.05) is 0 Å². The molecule has 206 valence electrons. The highest BCUT2D eigenvalue weighted by molar-refractivity contribution is 6.09. The fourth-order valence-electron chi connectivity index (χ4n) is 4.97. The SMILES string of the molecule is [2H]c1nc2c3c([2H])c([2H])c([2H])c([2H])c3n(-c3c([2H])c([2H])c([2H])c([2H])c3-c3nc(-c4c([2H])c([2H])c([2H])c([2H])c4[2H])c([2H])c(-n4c5c([2H])c([2H])c([2H])c([2H])c5c5c([2H])c([2H])c([2H])c([2H])c54)n3)c2c([2H])c1[2H]. The van der Waals surface area contributed by atoms with E-state index in [1.54, 1.807) is 0 Å². The molecule has 5 heteroatoms. The second kappa shape index (κ2) is 9.75. The van der Waals surface area contributed by atoms with E-state index in [0.717, 1.165) is 9.13 Å². The molecule has 0 unspecified atom stereocenters. The first-order chi connectivity index (χ1) is 32.2. The van der Waals surface area contributed by atoms with Crippen LogP contribution in [0.5, 0.6) is 0 Å². The molecule has 0 aliphatic heterocycles. The molecular formula is C39H25N5. The number of hydrogen-bond donors (Lipinski definition) is 0. The number of hydrogen-bond acceptors (Lipinski definition) is 3. The quantitative estimate of drug-likeness (QED) is 0.206. The molecule has 0 spiro atoms. The van der Waals surface area contributed by atoms with E-state index < -0.39 is 229 Å². The third kappa shape index (κ3) is 3.69. The van der Waals surface area contributed by atoms with Crippen molar-refractivity contribution in [3.8, 4) is 34.2 Å². The van der Waals surface area contributed by atoms with Crippen LogP contribution in [0.25, 0.3) is 77.9 Å². The summed E-state index contributed by atoms with van der Waals surface area (Å²) in [6.07, 6.45) is -0.807. The zero-order chi connectivity index (χ0) is 50.8. The van der Waals surface area contributed by atoms with Crippen LogP contribution in [0.3, 0.4) is 0 Å². The van der Waals surface area contributed by atoms with E-state index >= 15 is 0 Å². The van der Waals surface area contributed by atoms with Crippen LogP contribution in [0.1, 0.15) is 34.3 Å². The van der Waals surface area contributed by atoms with Gasteiger partial charge in [0.05, 0.1) is 73.2 Å². The van der Waals surface area contributed by atoms with Crippen LogP contribution in [0.2, 0.25) is 0 Å². The third-order valence-corrected chi connectivity index (χ3v) is 6.74. The normalized spacial score (nSPS) is 19.6. The number of rotatable bonds is 4. The van der Waals surface area contributed by atoms with E-state index in [1.165, 1.54) is 0 Å². The molecule has 0 saturated heterocycles. The molecular weight excluding hydrogens is 538 g/mol. The van der Waals surface area contributed by atoms with Gasteiger partial charge in [0, 0.05) is 39.5 Å². The predicted molar refractivity (Wildman–Crippen MR) is 179 cm³/mol. The summed E-state index contributed by atoms with van der Waals surface area (Å²) < 4.78 is 222. The van der Waals surface area contributed by atoms with E-state index in [-0.39, 0.29) is 0 Å². The summed E-state index contributed by atoms with van der Waals surface area (Å²) in [6, 6.07) is -21.5. The van der Waals surface area contributed by atoms with Crippen LogP contribution in [0, 0.1) is 0 Å². The first-order valence-corrected chi connectivity index (χ1v) is 12.7. The summed E-state index contributed by atoms with van der Waals surface area (Å²) in [5.74, 6) is -1.84. The van der Waals surface area contributed by atoms with Crippen molar-refractivity contribution in [1.29, 1.82) is 0 Å². The summed E-state index contributed by atoms with van der Waals surface area (Å²) in [5, 5.41) is -1.44. The van der Waals surface area contributed by atoms with Crippen molar-refractivity contribution in [2.75, 3.05) is 0 Å². The number of pyridine rings is 1. The van der Waals surface area contributed by atoms with Gasteiger partial charge in [-0.1, -0.05) is 96.7 Å². The molecule has 5 aromatic carbocycles. The van der Waals surface area contributed by atoms with Gasteiger partial charge in [-0.05, 0) is 42.3 Å². The number of fused-ring (bicyclic) bond motifs is 6. The van der Waals surface area contributed by atoms with Gasteiger partial charge in [0.25, 0.3) is 0 Å². The minimum absolute atomic E-state index is 0.451. The Bertz CT molecular complexity index is 3810. The van der Waals surface area contributed by atoms with E-state index in [4.69, 9.17) is 30.2 Å². The van der Waals surface area contributed by atoms with Crippen molar-refractivity contribution in [1.82, 2.24) is 24.1 Å². The van der Waals surface area contributed by atoms with Crippen LogP contribution >= 0.6 is 0 Å². The van der Waals surface area contributed by atoms with Gasteiger partial charge in [-0.15, -0.1) is 0 Å². The van der Waals surface area contributed by atoms with Crippen molar-refractivity contribution in [2.24, 2.45) is 0 Å². The number of nitrogens with zero attached hydrogens (tertiary/aromatic N) is 5. The van der Waals surface area contributed by atoms with Crippen LogP contribution in [-0.2, 0) is 0 Å². The molecule has 0 radical (unpaired) electrons. The summed E-state index contributed by atoms with van der Waals surface area (Å²) in [7, 11) is 0. The predicted octanol–water partition coefficient (Wildman–Crippen LogP) is 9.40. The molecule has 4 aromatic heterocycles. The minimum Gasteiger partial charge on any atom is -0.307 e. The Morgan fingerprint density at radius 2 is 1.09 bits per heavy atom. The maximum absolute atomic E-state index is 9.67. The fourth-order valence-corrected chi connectivity index (χ4v) is 4.97. The van der Waals surface area contributed by atoms with Gasteiger partial charge < -0.3 is 4.57 Å². The Hall–Kier alpha value is -6.07. The molecule has 5 nitrogen and oxygen atoms in total. The van der Waals surface area contributed by atoms with Gasteiger partial charge in [0.15, 0.2) is 5.82 Å². The molecule has 44 heavy (non-hydrogen) atoms. The standard InChI is InChI=1S/C39H25N5/c1-2-13-26(14-3-1)31-25-37(44-32-19-8-4-15-27(32)28-16-5-9-20-33(28)44)42-39(41-31)30-18-7-11-22-35(30)43-34-21-10-6-17-29(34)38-36(43)23-12-24-40-38/h1-25H/i1D,2D,3D,4D,5D,6D,7D,8D,9D,10D,11D,12D,13D,14D,15D,16D,17D,18D,19D,20D,21D,22D,23D,24D,25D. The minimum atomic E-state index is -1.04. The van der Waals surface area contributed by atoms with Gasteiger partial charge in [0.1, 0.15) is 5.82 Å². The highest BCUT2D eigenvalue weighted by atomic mass is 15.1. The van der Waals surface area contributed by atoms with Crippen molar-refractivity contribution in [3.05, 3.63) is 151 Å². The van der Waals surface area contributed by atoms with Gasteiger partial charge in [-0.2, -0.15) is 0 Å². The zero-order valence-corrected chi connectivity index (χ0v) is 21.7. The zero-order valence-electron chi connectivity index (χ0n) is 46.7. The summed E-state index contributed by atoms with van der Waals surface area (Å²) in [5.41, 5.74) is -6.19. The molecule has 0 saturated carbocycles. The average Bonchev–Trinajstić information content (AvgIpc) is 3.85. The van der Waals surface area contributed by atoms with Gasteiger partial charge in [0.2, 0.25) is 0 Å². The summed E-state index contributed by atoms with van der Waals surface area (Å²) >= 11 is 0. The maximum atomic E-state index is 9.67. The molecule has 0 aliphatic carbocycles. The molecule has 0 atom stereocenters. The molecule has 0 N–H and O–H groups in total. The van der Waals surface area contributed by atoms with Gasteiger partial charge in [-0.25, -0.2) is 9.97 Å². The maximum Gasteiger partial charge on any atom is 0.164 e. The number of para-hydroxylation sites is 4. The second-order valence-corrected chi connectivity index (χ2v) is 9.08. The molecule has 4 heterocycles. The summed E-state index contributed by atoms with van der Waals surface area (Å²) in [4.78, 5) is 13.0. The largest absolute Gasteiger partial charge is 0.307 e. The molecule has 0 bridgehead atoms. The number of benzene rings is 5. The Kier molecular flexibility index (Phi) is 2.28. The van der Waals surface area contributed by atoms with Crippen LogP contribution in [0.15, 0.2) is 151 Å². The van der Waals surface area contributed by atoms with Crippen molar-refractivity contribution < 1.29 is 34.3 Å². The van der Waals surface area contributed by atoms with Crippen LogP contribution < -0.4 is 0 Å². The van der Waals surface area contributed by atoms with Crippen molar-refractivity contribution in [2.45, 2.75) is 0 Å². The fraction of sp³-hybridized carbons (Fsp3) is 0. The van der Waals surface area contributed by atoms with E-state index in [2.05, 4.69) is 15.0 Å². The Morgan fingerprint density at radius 1 is 0.500 bits per heavy atom.